The van der Waals surface area contributed by atoms with E-state index in [1.54, 1.807) is 6.20 Å². The molecule has 3 atom stereocenters. The number of nitrogens with zero attached hydrogens (tertiary/aromatic N) is 3. The van der Waals surface area contributed by atoms with Gasteiger partial charge in [0.25, 0.3) is 0 Å². The first kappa shape index (κ1) is 11.0. The van der Waals surface area contributed by atoms with E-state index in [2.05, 4.69) is 25.9 Å². The van der Waals surface area contributed by atoms with Crippen molar-refractivity contribution in [2.75, 3.05) is 11.4 Å². The van der Waals surface area contributed by atoms with Crippen LogP contribution >= 0.6 is 15.9 Å². The lowest BCUT2D eigenvalue weighted by atomic mass is 10.2. The summed E-state index contributed by atoms with van der Waals surface area (Å²) in [5.74, 6) is 1.36. The van der Waals surface area contributed by atoms with Crippen molar-refractivity contribution in [3.8, 4) is 0 Å². The van der Waals surface area contributed by atoms with Crippen molar-refractivity contribution >= 4 is 27.8 Å². The number of carbonyl (C=O) groups is 1. The van der Waals surface area contributed by atoms with Crippen molar-refractivity contribution in [1.82, 2.24) is 9.97 Å². The number of carbonyl (C=O) groups excluding carboxylic acids is 1. The molecule has 3 rings (SSSR count). The van der Waals surface area contributed by atoms with E-state index < -0.39 is 0 Å². The van der Waals surface area contributed by atoms with Crippen LogP contribution in [0.15, 0.2) is 10.7 Å². The normalized spacial score (nSPS) is 30.2. The molecule has 0 spiro atoms. The fourth-order valence-electron chi connectivity index (χ4n) is 2.61. The Morgan fingerprint density at radius 2 is 2.41 bits per heavy atom. The predicted molar refractivity (Wildman–Crippen MR) is 66.4 cm³/mol. The van der Waals surface area contributed by atoms with Crippen LogP contribution in [0.2, 0.25) is 0 Å². The van der Waals surface area contributed by atoms with Gasteiger partial charge in [0.05, 0.1) is 10.2 Å². The molecule has 1 aliphatic heterocycles. The van der Waals surface area contributed by atoms with Gasteiger partial charge in [-0.15, -0.1) is 0 Å². The topological polar surface area (TPSA) is 72.1 Å². The van der Waals surface area contributed by atoms with E-state index in [9.17, 15) is 4.79 Å². The van der Waals surface area contributed by atoms with Gasteiger partial charge in [-0.25, -0.2) is 9.97 Å². The van der Waals surface area contributed by atoms with Gasteiger partial charge >= 0.3 is 0 Å². The van der Waals surface area contributed by atoms with Gasteiger partial charge in [-0.1, -0.05) is 0 Å². The van der Waals surface area contributed by atoms with E-state index >= 15 is 0 Å². The van der Waals surface area contributed by atoms with Crippen molar-refractivity contribution in [2.24, 2.45) is 17.6 Å². The number of rotatable bonds is 2. The summed E-state index contributed by atoms with van der Waals surface area (Å²) in [6.07, 6.45) is 2.83. The van der Waals surface area contributed by atoms with Crippen LogP contribution < -0.4 is 10.6 Å². The molecule has 90 valence electrons. The quantitative estimate of drug-likeness (QED) is 0.878. The van der Waals surface area contributed by atoms with E-state index in [0.29, 0.717) is 17.8 Å². The molecule has 6 heteroatoms. The minimum absolute atomic E-state index is 0.222. The first-order valence-electron chi connectivity index (χ1n) is 5.63. The third-order valence-corrected chi connectivity index (χ3v) is 4.38. The van der Waals surface area contributed by atoms with Crippen LogP contribution in [-0.4, -0.2) is 28.5 Å². The number of aryl methyl sites for hydroxylation is 1. The maximum absolute atomic E-state index is 11.5. The number of piperidine rings is 1. The molecule has 0 radical (unpaired) electrons. The van der Waals surface area contributed by atoms with E-state index in [1.165, 1.54) is 0 Å². The highest BCUT2D eigenvalue weighted by Crippen LogP contribution is 2.50. The zero-order chi connectivity index (χ0) is 12.2. The van der Waals surface area contributed by atoms with Crippen molar-refractivity contribution in [2.45, 2.75) is 19.4 Å². The number of hydrogen-bond donors (Lipinski definition) is 1. The Balaban J connectivity index is 1.93. The van der Waals surface area contributed by atoms with Crippen LogP contribution in [0, 0.1) is 18.8 Å². The van der Waals surface area contributed by atoms with Gasteiger partial charge in [-0.3, -0.25) is 4.79 Å². The van der Waals surface area contributed by atoms with Gasteiger partial charge in [0.2, 0.25) is 11.9 Å². The van der Waals surface area contributed by atoms with E-state index in [1.807, 2.05) is 11.8 Å². The lowest BCUT2D eigenvalue weighted by molar-refractivity contribution is -0.119. The Morgan fingerprint density at radius 1 is 1.65 bits per heavy atom. The maximum Gasteiger partial charge on any atom is 0.240 e. The van der Waals surface area contributed by atoms with Crippen LogP contribution in [0.25, 0.3) is 0 Å². The summed E-state index contributed by atoms with van der Waals surface area (Å²) in [4.78, 5) is 22.1. The van der Waals surface area contributed by atoms with E-state index in [-0.39, 0.29) is 11.9 Å². The summed E-state index contributed by atoms with van der Waals surface area (Å²) >= 11 is 3.37. The molecule has 17 heavy (non-hydrogen) atoms. The van der Waals surface area contributed by atoms with Gasteiger partial charge < -0.3 is 10.6 Å². The fourth-order valence-corrected chi connectivity index (χ4v) is 2.81. The number of primary amides is 1. The molecular weight excluding hydrogens is 284 g/mol. The molecule has 3 unspecified atom stereocenters. The number of hydrogen-bond acceptors (Lipinski definition) is 4. The number of amides is 1. The summed E-state index contributed by atoms with van der Waals surface area (Å²) in [5, 5.41) is 0. The molecule has 2 N–H and O–H groups in total. The Hall–Kier alpha value is -1.17. The zero-order valence-electron chi connectivity index (χ0n) is 9.43. The second kappa shape index (κ2) is 3.66. The second-order valence-corrected chi connectivity index (χ2v) is 5.62. The first-order chi connectivity index (χ1) is 8.08. The van der Waals surface area contributed by atoms with Gasteiger partial charge in [0, 0.05) is 12.7 Å². The highest BCUT2D eigenvalue weighted by molar-refractivity contribution is 9.10. The van der Waals surface area contributed by atoms with Crippen LogP contribution in [0.5, 0.6) is 0 Å². The molecule has 1 saturated carbocycles. The number of fused-ring (bicyclic) bond motifs is 1. The van der Waals surface area contributed by atoms with Crippen LogP contribution in [0.4, 0.5) is 5.95 Å². The molecule has 2 fully saturated rings. The molecule has 1 amide bonds. The number of nitrogens with two attached hydrogens (primary N) is 1. The third-order valence-electron chi connectivity index (χ3n) is 3.60. The molecular formula is C11H13BrN4O. The monoisotopic (exact) mass is 296 g/mol. The van der Waals surface area contributed by atoms with Gasteiger partial charge in [0.1, 0.15) is 6.04 Å². The van der Waals surface area contributed by atoms with Crippen LogP contribution in [0.1, 0.15) is 12.1 Å². The Bertz CT molecular complexity index is 492. The maximum atomic E-state index is 11.5. The predicted octanol–water partition coefficient (Wildman–Crippen LogP) is 0.858. The smallest absolute Gasteiger partial charge is 0.240 e. The molecule has 1 aliphatic carbocycles. The van der Waals surface area contributed by atoms with Gasteiger partial charge in [-0.05, 0) is 41.1 Å². The molecule has 1 aromatic rings. The largest absolute Gasteiger partial charge is 0.368 e. The number of anilines is 1. The lowest BCUT2D eigenvalue weighted by Gasteiger charge is -2.25. The van der Waals surface area contributed by atoms with Crippen LogP contribution in [-0.2, 0) is 4.79 Å². The van der Waals surface area contributed by atoms with Gasteiger partial charge in [0.15, 0.2) is 0 Å². The van der Waals surface area contributed by atoms with Crippen molar-refractivity contribution in [3.63, 3.8) is 0 Å². The molecule has 5 nitrogen and oxygen atoms in total. The Morgan fingerprint density at radius 3 is 3.06 bits per heavy atom. The summed E-state index contributed by atoms with van der Waals surface area (Å²) in [6, 6.07) is -0.222. The summed E-state index contributed by atoms with van der Waals surface area (Å²) in [5.41, 5.74) is 6.34. The van der Waals surface area contributed by atoms with Crippen molar-refractivity contribution < 1.29 is 4.79 Å². The van der Waals surface area contributed by atoms with Crippen molar-refractivity contribution in [1.29, 1.82) is 0 Å². The lowest BCUT2D eigenvalue weighted by Crippen LogP contribution is -2.44. The summed E-state index contributed by atoms with van der Waals surface area (Å²) < 4.78 is 0.876. The number of aromatic nitrogens is 2. The van der Waals surface area contributed by atoms with E-state index in [0.717, 1.165) is 23.1 Å². The third kappa shape index (κ3) is 1.71. The molecule has 1 aromatic heterocycles. The molecule has 2 heterocycles. The van der Waals surface area contributed by atoms with Crippen molar-refractivity contribution in [3.05, 3.63) is 16.4 Å². The Labute approximate surface area is 108 Å². The highest BCUT2D eigenvalue weighted by atomic mass is 79.9. The minimum Gasteiger partial charge on any atom is -0.368 e. The zero-order valence-corrected chi connectivity index (χ0v) is 11.0. The first-order valence-corrected chi connectivity index (χ1v) is 6.42. The standard InChI is InChI=1S/C11H13BrN4O/c1-5-8(12)3-14-11(15-5)16-4-6-2-7(6)9(16)10(13)17/h3,6-7,9H,2,4H2,1H3,(H2,13,17). The van der Waals surface area contributed by atoms with Crippen LogP contribution in [0.3, 0.4) is 0 Å². The summed E-state index contributed by atoms with van der Waals surface area (Å²) in [6.45, 7) is 2.75. The highest BCUT2D eigenvalue weighted by Gasteiger charge is 2.55. The average molecular weight is 297 g/mol. The molecule has 0 bridgehead atoms. The Kier molecular flexibility index (Phi) is 2.36. The SMILES string of the molecule is Cc1nc(N2CC3CC3C2C(N)=O)ncc1Br. The summed E-state index contributed by atoms with van der Waals surface area (Å²) in [7, 11) is 0. The average Bonchev–Trinajstić information content (AvgIpc) is 2.92. The molecule has 0 aromatic carbocycles. The molecule has 1 saturated heterocycles. The minimum atomic E-state index is -0.265. The second-order valence-electron chi connectivity index (χ2n) is 4.76. The molecule has 2 aliphatic rings. The number of halogens is 1. The van der Waals surface area contributed by atoms with E-state index in [4.69, 9.17) is 5.73 Å². The van der Waals surface area contributed by atoms with Gasteiger partial charge in [-0.2, -0.15) is 0 Å². The fraction of sp³-hybridized carbons (Fsp3) is 0.545.